The second-order valence-corrected chi connectivity index (χ2v) is 4.65. The van der Waals surface area contributed by atoms with Gasteiger partial charge in [0.15, 0.2) is 11.4 Å². The quantitative estimate of drug-likeness (QED) is 0.828. The molecule has 0 amide bonds. The normalized spacial score (nSPS) is 18.1. The molecule has 1 aliphatic heterocycles. The van der Waals surface area contributed by atoms with Crippen molar-refractivity contribution >= 4 is 28.5 Å². The minimum atomic E-state index is -0.400. The van der Waals surface area contributed by atoms with Crippen molar-refractivity contribution in [3.8, 4) is 0 Å². The first-order valence-electron chi connectivity index (χ1n) is 6.60. The average Bonchev–Trinajstić information content (AvgIpc) is 3.03. The number of nitrogen functional groups attached to an aromatic ring is 1. The van der Waals surface area contributed by atoms with Crippen molar-refractivity contribution < 1.29 is 18.9 Å². The van der Waals surface area contributed by atoms with Crippen LogP contribution < -0.4 is 11.2 Å². The molecule has 7 nitrogen and oxygen atoms in total. The summed E-state index contributed by atoms with van der Waals surface area (Å²) in [6, 6.07) is 5.34. The molecular formula is C14H15N3O4. The van der Waals surface area contributed by atoms with Crippen LogP contribution in [0.25, 0.3) is 16.7 Å². The third kappa shape index (κ3) is 2.21. The van der Waals surface area contributed by atoms with Crippen LogP contribution in [0, 0.1) is 0 Å². The molecule has 0 radical (unpaired) electrons. The number of ether oxygens (including phenoxy) is 1. The van der Waals surface area contributed by atoms with Crippen LogP contribution in [0.1, 0.15) is 19.4 Å². The number of hydrogen-bond acceptors (Lipinski definition) is 7. The van der Waals surface area contributed by atoms with E-state index in [0.29, 0.717) is 34.7 Å². The van der Waals surface area contributed by atoms with Crippen molar-refractivity contribution in [1.29, 1.82) is 0 Å². The fourth-order valence-electron chi connectivity index (χ4n) is 2.27. The lowest BCUT2D eigenvalue weighted by molar-refractivity contribution is -0.139. The lowest BCUT2D eigenvalue weighted by Gasteiger charge is -2.07. The lowest BCUT2D eigenvalue weighted by Crippen LogP contribution is -2.16. The molecule has 1 unspecified atom stereocenters. The Labute approximate surface area is 120 Å². The Morgan fingerprint density at radius 2 is 2.33 bits per heavy atom. The van der Waals surface area contributed by atoms with Gasteiger partial charge in [-0.15, -0.1) is 0 Å². The van der Waals surface area contributed by atoms with E-state index in [4.69, 9.17) is 19.8 Å². The Hall–Kier alpha value is -2.54. The van der Waals surface area contributed by atoms with Crippen molar-refractivity contribution in [2.45, 2.75) is 20.0 Å². The number of hydrogen-bond donors (Lipinski definition) is 2. The summed E-state index contributed by atoms with van der Waals surface area (Å²) in [6.07, 6.45) is -0.394. The third-order valence-electron chi connectivity index (χ3n) is 3.30. The summed E-state index contributed by atoms with van der Waals surface area (Å²) in [6.45, 7) is 3.84. The molecule has 1 aromatic heterocycles. The molecule has 7 heteroatoms. The van der Waals surface area contributed by atoms with E-state index in [2.05, 4.69) is 10.6 Å². The second-order valence-electron chi connectivity index (χ2n) is 4.65. The number of hydroxylamine groups is 1. The molecule has 1 aliphatic rings. The van der Waals surface area contributed by atoms with Gasteiger partial charge in [-0.2, -0.15) is 0 Å². The van der Waals surface area contributed by atoms with E-state index >= 15 is 0 Å². The molecule has 0 bridgehead atoms. The van der Waals surface area contributed by atoms with E-state index < -0.39 is 12.1 Å². The first kappa shape index (κ1) is 13.4. The number of nitrogens with one attached hydrogen (secondary N) is 1. The molecule has 1 aromatic carbocycles. The highest BCUT2D eigenvalue weighted by Gasteiger charge is 2.31. The number of rotatable bonds is 3. The molecule has 1 atom stereocenters. The van der Waals surface area contributed by atoms with Gasteiger partial charge in [-0.25, -0.2) is 4.79 Å². The predicted octanol–water partition coefficient (Wildman–Crippen LogP) is 1.61. The lowest BCUT2D eigenvalue weighted by atomic mass is 10.0. The van der Waals surface area contributed by atoms with Crippen LogP contribution in [0.4, 0.5) is 5.82 Å². The Bertz CT molecular complexity index is 735. The first-order chi connectivity index (χ1) is 10.1. The molecule has 3 rings (SSSR count). The maximum atomic E-state index is 12.1. The van der Waals surface area contributed by atoms with E-state index in [1.54, 1.807) is 32.0 Å². The van der Waals surface area contributed by atoms with Crippen LogP contribution in [0.15, 0.2) is 28.3 Å². The maximum Gasteiger partial charge on any atom is 0.338 e. The van der Waals surface area contributed by atoms with Gasteiger partial charge in [-0.3, -0.25) is 10.3 Å². The van der Waals surface area contributed by atoms with Crippen LogP contribution in [0.3, 0.4) is 0 Å². The summed E-state index contributed by atoms with van der Waals surface area (Å²) in [4.78, 5) is 17.4. The van der Waals surface area contributed by atoms with E-state index in [0.717, 1.165) is 5.56 Å². The van der Waals surface area contributed by atoms with Crippen molar-refractivity contribution in [1.82, 2.24) is 10.6 Å². The van der Waals surface area contributed by atoms with E-state index in [1.807, 2.05) is 0 Å². The van der Waals surface area contributed by atoms with Gasteiger partial charge in [0.2, 0.25) is 0 Å². The van der Waals surface area contributed by atoms with Crippen LogP contribution in [0.5, 0.6) is 0 Å². The monoisotopic (exact) mass is 289 g/mol. The number of anilines is 1. The molecule has 0 fully saturated rings. The number of esters is 1. The van der Waals surface area contributed by atoms with Gasteiger partial charge in [-0.05, 0) is 32.0 Å². The molecule has 0 saturated heterocycles. The van der Waals surface area contributed by atoms with Gasteiger partial charge < -0.3 is 15.0 Å². The molecule has 3 N–H and O–H groups in total. The third-order valence-corrected chi connectivity index (χ3v) is 3.30. The van der Waals surface area contributed by atoms with Crippen LogP contribution in [-0.4, -0.2) is 23.8 Å². The van der Waals surface area contributed by atoms with E-state index in [-0.39, 0.29) is 0 Å². The van der Waals surface area contributed by atoms with Crippen molar-refractivity contribution in [2.24, 2.45) is 0 Å². The minimum absolute atomic E-state index is 0.303. The Morgan fingerprint density at radius 3 is 3.10 bits per heavy atom. The molecule has 110 valence electrons. The van der Waals surface area contributed by atoms with Gasteiger partial charge in [0.05, 0.1) is 23.3 Å². The van der Waals surface area contributed by atoms with E-state index in [9.17, 15) is 4.79 Å². The van der Waals surface area contributed by atoms with E-state index in [1.165, 1.54) is 0 Å². The standard InChI is InChI=1S/C14H15N3O4/c1-3-19-14(18)11-7(2)20-16-12(11)8-4-5-10-9(6-8)13(15)17-21-10/h4-7,16H,3H2,1-2H3,(H2,15,17). The van der Waals surface area contributed by atoms with Gasteiger partial charge in [0.1, 0.15) is 6.10 Å². The minimum Gasteiger partial charge on any atom is -0.462 e. The summed E-state index contributed by atoms with van der Waals surface area (Å²) in [5, 5.41) is 4.39. The summed E-state index contributed by atoms with van der Waals surface area (Å²) in [7, 11) is 0. The smallest absolute Gasteiger partial charge is 0.338 e. The fraction of sp³-hybridized carbons (Fsp3) is 0.286. The zero-order chi connectivity index (χ0) is 15.0. The summed E-state index contributed by atoms with van der Waals surface area (Å²) < 4.78 is 10.1. The van der Waals surface area contributed by atoms with Crippen LogP contribution in [-0.2, 0) is 14.4 Å². The molecule has 2 aromatic rings. The van der Waals surface area contributed by atoms with Gasteiger partial charge >= 0.3 is 5.97 Å². The number of carbonyl (C=O) groups excluding carboxylic acids is 1. The number of fused-ring (bicyclic) bond motifs is 1. The zero-order valence-electron chi connectivity index (χ0n) is 11.7. The van der Waals surface area contributed by atoms with Gasteiger partial charge in [0, 0.05) is 5.56 Å². The van der Waals surface area contributed by atoms with Gasteiger partial charge in [-0.1, -0.05) is 5.16 Å². The number of nitrogens with zero attached hydrogens (tertiary/aromatic N) is 1. The molecule has 0 saturated carbocycles. The topological polar surface area (TPSA) is 99.6 Å². The summed E-state index contributed by atoms with van der Waals surface area (Å²) in [5.74, 6) is -0.0968. The molecule has 0 spiro atoms. The molecular weight excluding hydrogens is 274 g/mol. The van der Waals surface area contributed by atoms with Gasteiger partial charge in [0.25, 0.3) is 0 Å². The molecule has 0 aliphatic carbocycles. The highest BCUT2D eigenvalue weighted by molar-refractivity contribution is 6.00. The molecule has 2 heterocycles. The fourth-order valence-corrected chi connectivity index (χ4v) is 2.27. The van der Waals surface area contributed by atoms with Crippen molar-refractivity contribution in [2.75, 3.05) is 12.3 Å². The number of nitrogens with two attached hydrogens (primary N) is 1. The maximum absolute atomic E-state index is 12.1. The van der Waals surface area contributed by atoms with Crippen molar-refractivity contribution in [3.05, 3.63) is 29.3 Å². The van der Waals surface area contributed by atoms with Crippen LogP contribution in [0.2, 0.25) is 0 Å². The Balaban J connectivity index is 2.10. The van der Waals surface area contributed by atoms with Crippen molar-refractivity contribution in [3.63, 3.8) is 0 Å². The Kier molecular flexibility index (Phi) is 3.26. The van der Waals surface area contributed by atoms with Crippen LogP contribution >= 0.6 is 0 Å². The predicted molar refractivity (Wildman–Crippen MR) is 75.7 cm³/mol. The zero-order valence-corrected chi connectivity index (χ0v) is 11.7. The summed E-state index contributed by atoms with van der Waals surface area (Å²) >= 11 is 0. The highest BCUT2D eigenvalue weighted by Crippen LogP contribution is 2.30. The largest absolute Gasteiger partial charge is 0.462 e. The summed E-state index contributed by atoms with van der Waals surface area (Å²) in [5.41, 5.74) is 10.9. The number of aromatic nitrogens is 1. The average molecular weight is 289 g/mol. The second kappa shape index (κ2) is 5.10. The number of carbonyl (C=O) groups is 1. The highest BCUT2D eigenvalue weighted by atomic mass is 16.7. The SMILES string of the molecule is CCOC(=O)C1=C(c2ccc3onc(N)c3c2)NOC1C. The number of benzene rings is 1. The molecule has 21 heavy (non-hydrogen) atoms. The Morgan fingerprint density at radius 1 is 1.52 bits per heavy atom. The first-order valence-corrected chi connectivity index (χ1v) is 6.60.